The molecule has 0 fully saturated rings. The van der Waals surface area contributed by atoms with Gasteiger partial charge in [0.2, 0.25) is 0 Å². The van der Waals surface area contributed by atoms with Crippen LogP contribution in [0.25, 0.3) is 0 Å². The number of carbonyl (C=O) groups excluding carboxylic acids is 1. The zero-order valence-electron chi connectivity index (χ0n) is 9.34. The molecule has 3 nitrogen and oxygen atoms in total. The zero-order chi connectivity index (χ0) is 11.0. The quantitative estimate of drug-likeness (QED) is 0.374. The SMILES string of the molecule is C=CC(=O)OCCCOCC(C)(C)C. The summed E-state index contributed by atoms with van der Waals surface area (Å²) in [5, 5.41) is 0. The van der Waals surface area contributed by atoms with Crippen molar-refractivity contribution in [3.63, 3.8) is 0 Å². The fourth-order valence-electron chi connectivity index (χ4n) is 0.771. The largest absolute Gasteiger partial charge is 0.462 e. The average molecular weight is 200 g/mol. The van der Waals surface area contributed by atoms with E-state index < -0.39 is 0 Å². The summed E-state index contributed by atoms with van der Waals surface area (Å²) < 4.78 is 10.2. The van der Waals surface area contributed by atoms with E-state index in [1.54, 1.807) is 0 Å². The number of ether oxygens (including phenoxy) is 2. The van der Waals surface area contributed by atoms with Crippen molar-refractivity contribution in [1.82, 2.24) is 0 Å². The first-order valence-corrected chi connectivity index (χ1v) is 4.82. The van der Waals surface area contributed by atoms with Gasteiger partial charge < -0.3 is 9.47 Å². The van der Waals surface area contributed by atoms with Gasteiger partial charge in [0.25, 0.3) is 0 Å². The van der Waals surface area contributed by atoms with Crippen molar-refractivity contribution >= 4 is 5.97 Å². The molecule has 0 atom stereocenters. The Labute approximate surface area is 86.1 Å². The molecule has 3 heteroatoms. The number of rotatable bonds is 6. The van der Waals surface area contributed by atoms with Crippen molar-refractivity contribution in [3.8, 4) is 0 Å². The van der Waals surface area contributed by atoms with E-state index in [0.717, 1.165) is 19.1 Å². The van der Waals surface area contributed by atoms with Crippen LogP contribution >= 0.6 is 0 Å². The van der Waals surface area contributed by atoms with Crippen LogP contribution in [0.3, 0.4) is 0 Å². The Kier molecular flexibility index (Phi) is 6.21. The number of esters is 1. The van der Waals surface area contributed by atoms with Gasteiger partial charge in [0.15, 0.2) is 0 Å². The number of carbonyl (C=O) groups is 1. The van der Waals surface area contributed by atoms with Crippen LogP contribution in [-0.4, -0.2) is 25.8 Å². The summed E-state index contributed by atoms with van der Waals surface area (Å²) in [4.78, 5) is 10.6. The average Bonchev–Trinajstić information content (AvgIpc) is 2.08. The van der Waals surface area contributed by atoms with Gasteiger partial charge in [0.05, 0.1) is 13.2 Å². The van der Waals surface area contributed by atoms with Crippen LogP contribution in [0.4, 0.5) is 0 Å². The highest BCUT2D eigenvalue weighted by atomic mass is 16.5. The first-order valence-electron chi connectivity index (χ1n) is 4.82. The second kappa shape index (κ2) is 6.60. The van der Waals surface area contributed by atoms with E-state index in [1.807, 2.05) is 0 Å². The highest BCUT2D eigenvalue weighted by Gasteiger charge is 2.09. The molecule has 0 saturated carbocycles. The number of hydrogen-bond donors (Lipinski definition) is 0. The molecular formula is C11H20O3. The van der Waals surface area contributed by atoms with Gasteiger partial charge in [0.1, 0.15) is 0 Å². The topological polar surface area (TPSA) is 35.5 Å². The summed E-state index contributed by atoms with van der Waals surface area (Å²) >= 11 is 0. The fourth-order valence-corrected chi connectivity index (χ4v) is 0.771. The standard InChI is InChI=1S/C11H20O3/c1-5-10(12)14-8-6-7-13-9-11(2,3)4/h5H,1,6-9H2,2-4H3. The minimum Gasteiger partial charge on any atom is -0.462 e. The van der Waals surface area contributed by atoms with Crippen LogP contribution in [0.2, 0.25) is 0 Å². The maximum Gasteiger partial charge on any atom is 0.330 e. The summed E-state index contributed by atoms with van der Waals surface area (Å²) in [6.45, 7) is 11.4. The predicted molar refractivity (Wildman–Crippen MR) is 56.0 cm³/mol. The third-order valence-corrected chi connectivity index (χ3v) is 1.38. The van der Waals surface area contributed by atoms with Gasteiger partial charge in [-0.1, -0.05) is 27.4 Å². The predicted octanol–water partition coefficient (Wildman–Crippen LogP) is 2.17. The van der Waals surface area contributed by atoms with Gasteiger partial charge in [-0.25, -0.2) is 4.79 Å². The summed E-state index contributed by atoms with van der Waals surface area (Å²) in [6, 6.07) is 0. The molecule has 0 bridgehead atoms. The second-order valence-corrected chi connectivity index (χ2v) is 4.34. The smallest absolute Gasteiger partial charge is 0.330 e. The van der Waals surface area contributed by atoms with Crippen LogP contribution in [0, 0.1) is 5.41 Å². The monoisotopic (exact) mass is 200 g/mol. The maximum absolute atomic E-state index is 10.6. The first kappa shape index (κ1) is 13.2. The molecular weight excluding hydrogens is 180 g/mol. The minimum absolute atomic E-state index is 0.192. The molecule has 82 valence electrons. The van der Waals surface area contributed by atoms with Gasteiger partial charge in [-0.05, 0) is 5.41 Å². The Bertz CT molecular complexity index is 179. The molecule has 0 aromatic heterocycles. The summed E-state index contributed by atoms with van der Waals surface area (Å²) in [6.07, 6.45) is 1.89. The van der Waals surface area contributed by atoms with E-state index >= 15 is 0 Å². The Morgan fingerprint density at radius 3 is 2.50 bits per heavy atom. The molecule has 0 rings (SSSR count). The van der Waals surface area contributed by atoms with E-state index in [1.165, 1.54) is 0 Å². The van der Waals surface area contributed by atoms with E-state index in [0.29, 0.717) is 13.2 Å². The van der Waals surface area contributed by atoms with Crippen molar-refractivity contribution in [2.75, 3.05) is 19.8 Å². The summed E-state index contributed by atoms with van der Waals surface area (Å²) in [5.74, 6) is -0.374. The second-order valence-electron chi connectivity index (χ2n) is 4.34. The Morgan fingerprint density at radius 1 is 1.36 bits per heavy atom. The molecule has 0 N–H and O–H groups in total. The van der Waals surface area contributed by atoms with E-state index in [9.17, 15) is 4.79 Å². The molecule has 0 aliphatic heterocycles. The van der Waals surface area contributed by atoms with Crippen LogP contribution in [0.1, 0.15) is 27.2 Å². The number of hydrogen-bond acceptors (Lipinski definition) is 3. The van der Waals surface area contributed by atoms with Gasteiger partial charge in [-0.3, -0.25) is 0 Å². The fraction of sp³-hybridized carbons (Fsp3) is 0.727. The van der Waals surface area contributed by atoms with Crippen LogP contribution in [0.5, 0.6) is 0 Å². The molecule has 0 saturated heterocycles. The lowest BCUT2D eigenvalue weighted by Crippen LogP contribution is -2.15. The van der Waals surface area contributed by atoms with Crippen molar-refractivity contribution in [2.45, 2.75) is 27.2 Å². The molecule has 0 heterocycles. The van der Waals surface area contributed by atoms with E-state index in [-0.39, 0.29) is 11.4 Å². The summed E-state index contributed by atoms with van der Waals surface area (Å²) in [5.41, 5.74) is 0.192. The first-order chi connectivity index (χ1) is 6.45. The Morgan fingerprint density at radius 2 is 2.00 bits per heavy atom. The molecule has 0 aliphatic carbocycles. The Hall–Kier alpha value is -0.830. The zero-order valence-corrected chi connectivity index (χ0v) is 9.34. The normalized spacial score (nSPS) is 11.1. The van der Waals surface area contributed by atoms with Gasteiger partial charge in [-0.15, -0.1) is 0 Å². The van der Waals surface area contributed by atoms with E-state index in [2.05, 4.69) is 27.4 Å². The Balaban J connectivity index is 3.22. The highest BCUT2D eigenvalue weighted by Crippen LogP contribution is 2.12. The molecule has 0 amide bonds. The van der Waals surface area contributed by atoms with Crippen molar-refractivity contribution < 1.29 is 14.3 Å². The molecule has 0 aromatic carbocycles. The lowest BCUT2D eigenvalue weighted by molar-refractivity contribution is -0.138. The summed E-state index contributed by atoms with van der Waals surface area (Å²) in [7, 11) is 0. The molecule has 0 spiro atoms. The molecule has 0 radical (unpaired) electrons. The molecule has 0 unspecified atom stereocenters. The lowest BCUT2D eigenvalue weighted by atomic mass is 9.99. The lowest BCUT2D eigenvalue weighted by Gasteiger charge is -2.17. The van der Waals surface area contributed by atoms with Crippen LogP contribution in [-0.2, 0) is 14.3 Å². The maximum atomic E-state index is 10.6. The van der Waals surface area contributed by atoms with Crippen molar-refractivity contribution in [1.29, 1.82) is 0 Å². The van der Waals surface area contributed by atoms with Gasteiger partial charge in [-0.2, -0.15) is 0 Å². The minimum atomic E-state index is -0.374. The van der Waals surface area contributed by atoms with Gasteiger partial charge in [0, 0.05) is 19.1 Å². The van der Waals surface area contributed by atoms with Crippen molar-refractivity contribution in [2.24, 2.45) is 5.41 Å². The molecule has 14 heavy (non-hydrogen) atoms. The van der Waals surface area contributed by atoms with Crippen LogP contribution < -0.4 is 0 Å². The van der Waals surface area contributed by atoms with E-state index in [4.69, 9.17) is 9.47 Å². The third kappa shape index (κ3) is 9.26. The highest BCUT2D eigenvalue weighted by molar-refractivity contribution is 5.81. The molecule has 0 aromatic rings. The van der Waals surface area contributed by atoms with Crippen molar-refractivity contribution in [3.05, 3.63) is 12.7 Å². The third-order valence-electron chi connectivity index (χ3n) is 1.38. The van der Waals surface area contributed by atoms with Gasteiger partial charge >= 0.3 is 5.97 Å². The van der Waals surface area contributed by atoms with Crippen LogP contribution in [0.15, 0.2) is 12.7 Å². The molecule has 0 aliphatic rings.